The molecule has 0 aliphatic carbocycles. The van der Waals surface area contributed by atoms with Crippen LogP contribution >= 0.6 is 11.3 Å². The number of rotatable bonds is 8. The van der Waals surface area contributed by atoms with Crippen LogP contribution in [0.4, 0.5) is 37.2 Å². The molecule has 2 N–H and O–H groups in total. The highest BCUT2D eigenvalue weighted by molar-refractivity contribution is 7.23. The van der Waals surface area contributed by atoms with Crippen molar-refractivity contribution in [3.63, 3.8) is 0 Å². The summed E-state index contributed by atoms with van der Waals surface area (Å²) in [6.07, 6.45) is -1.35. The molecule has 0 radical (unpaired) electrons. The molecule has 5 aliphatic heterocycles. The van der Waals surface area contributed by atoms with Crippen LogP contribution in [0, 0.1) is 23.0 Å². The predicted octanol–water partition coefficient (Wildman–Crippen LogP) is 5.81. The molecule has 3 aromatic heterocycles. The number of anilines is 2. The number of alkyl halides is 4. The van der Waals surface area contributed by atoms with Gasteiger partial charge in [-0.3, -0.25) is 19.5 Å². The van der Waals surface area contributed by atoms with Crippen molar-refractivity contribution >= 4 is 43.1 Å². The van der Waals surface area contributed by atoms with Gasteiger partial charge in [0, 0.05) is 55.6 Å². The second-order valence-electron chi connectivity index (χ2n) is 14.5. The number of nitrogen functional groups attached to an aromatic ring is 1. The van der Waals surface area contributed by atoms with Gasteiger partial charge in [0.1, 0.15) is 35.2 Å². The average molecular weight is 761 g/mol. The zero-order chi connectivity index (χ0) is 36.8. The number of hydrogen-bond acceptors (Lipinski definition) is 12. The van der Waals surface area contributed by atoms with Crippen molar-refractivity contribution < 1.29 is 40.6 Å². The Labute approximate surface area is 303 Å². The van der Waals surface area contributed by atoms with Gasteiger partial charge in [-0.1, -0.05) is 0 Å². The first-order chi connectivity index (χ1) is 25.4. The third kappa shape index (κ3) is 5.74. The highest BCUT2D eigenvalue weighted by Gasteiger charge is 2.50. The number of nitrogens with zero attached hydrogens (tertiary/aromatic N) is 7. The van der Waals surface area contributed by atoms with E-state index >= 15 is 8.78 Å². The van der Waals surface area contributed by atoms with E-state index in [0.29, 0.717) is 48.4 Å². The van der Waals surface area contributed by atoms with Gasteiger partial charge in [0.05, 0.1) is 52.9 Å². The van der Waals surface area contributed by atoms with Gasteiger partial charge in [-0.25, -0.2) is 13.2 Å². The molecule has 4 saturated heterocycles. The van der Waals surface area contributed by atoms with E-state index in [1.54, 1.807) is 0 Å². The Bertz CT molecular complexity index is 2170. The Balaban J connectivity index is 1.18. The highest BCUT2D eigenvalue weighted by atomic mass is 32.1. The van der Waals surface area contributed by atoms with Gasteiger partial charge < -0.3 is 20.1 Å². The number of fused-ring (bicyclic) bond motifs is 7. The Morgan fingerprint density at radius 3 is 2.62 bits per heavy atom. The van der Waals surface area contributed by atoms with Crippen LogP contribution in [-0.4, -0.2) is 101 Å². The summed E-state index contributed by atoms with van der Waals surface area (Å²) in [5.41, 5.74) is 6.59. The molecular weight excluding hydrogens is 726 g/mol. The van der Waals surface area contributed by atoms with Gasteiger partial charge in [-0.15, -0.1) is 24.5 Å². The molecule has 9 rings (SSSR count). The molecular formula is C35H34F6N8O3S. The molecule has 280 valence electrons. The van der Waals surface area contributed by atoms with E-state index in [4.69, 9.17) is 20.2 Å². The maximum atomic E-state index is 17.5. The van der Waals surface area contributed by atoms with Gasteiger partial charge in [0.25, 0.3) is 0 Å². The minimum absolute atomic E-state index is 0.000132. The number of nitrogens with two attached hydrogens (primary N) is 1. The van der Waals surface area contributed by atoms with Crippen molar-refractivity contribution in [2.45, 2.75) is 75.5 Å². The fourth-order valence-corrected chi connectivity index (χ4v) is 10.3. The summed E-state index contributed by atoms with van der Waals surface area (Å²) in [6.45, 7) is 1.70. The molecule has 4 fully saturated rings. The van der Waals surface area contributed by atoms with Crippen molar-refractivity contribution in [3.8, 4) is 23.3 Å². The fraction of sp³-hybridized carbons (Fsp3) is 0.543. The average Bonchev–Trinajstić information content (AvgIpc) is 3.92. The molecule has 2 bridgehead atoms. The summed E-state index contributed by atoms with van der Waals surface area (Å²) < 4.78 is 102. The molecule has 53 heavy (non-hydrogen) atoms. The van der Waals surface area contributed by atoms with E-state index < -0.39 is 36.3 Å². The summed E-state index contributed by atoms with van der Waals surface area (Å²) in [5.74, 6) is -1.06. The summed E-state index contributed by atoms with van der Waals surface area (Å²) in [6, 6.07) is 1.59. The fourth-order valence-electron chi connectivity index (χ4n) is 9.33. The van der Waals surface area contributed by atoms with E-state index in [-0.39, 0.29) is 81.9 Å². The third-order valence-corrected chi connectivity index (χ3v) is 12.5. The minimum Gasteiger partial charge on any atom is -0.461 e. The summed E-state index contributed by atoms with van der Waals surface area (Å²) in [7, 11) is 0. The minimum atomic E-state index is -4.72. The van der Waals surface area contributed by atoms with Crippen LogP contribution in [0.15, 0.2) is 6.20 Å². The second-order valence-corrected chi connectivity index (χ2v) is 15.6. The maximum absolute atomic E-state index is 17.5. The van der Waals surface area contributed by atoms with Crippen molar-refractivity contribution in [2.24, 2.45) is 0 Å². The van der Waals surface area contributed by atoms with Gasteiger partial charge >= 0.3 is 12.4 Å². The summed E-state index contributed by atoms with van der Waals surface area (Å²) >= 11 is 0.881. The molecule has 11 nitrogen and oxygen atoms in total. The molecule has 4 aromatic rings. The number of halogens is 6. The van der Waals surface area contributed by atoms with E-state index in [1.807, 2.05) is 11.0 Å². The van der Waals surface area contributed by atoms with Crippen LogP contribution in [0.1, 0.15) is 48.8 Å². The van der Waals surface area contributed by atoms with Gasteiger partial charge in [0.15, 0.2) is 11.6 Å². The number of hydrogen-bond donors (Lipinski definition) is 1. The standard InChI is InChI=1S/C35H34F6N8O3S/c36-17-8-34(4-1-5-48(34)11-17)16-51-33-45-29-26(32(46-33)49-18-2-3-19(49)13-47(12-18)6-7-52-35(39,40)41)22-15-50-14-21(22)24(27(29)38)28-25-20(9-42)31(43)53-30(25)23(37)10-44-28/h10,17-19H,1-8,11-16,43H2/t17-,18?,19?,34+/m1/s1. The number of likely N-dealkylation sites (tertiary alicyclic amines) is 1. The van der Waals surface area contributed by atoms with E-state index in [1.165, 1.54) is 0 Å². The van der Waals surface area contributed by atoms with Crippen LogP contribution in [0.5, 0.6) is 6.01 Å². The highest BCUT2D eigenvalue weighted by Crippen LogP contribution is 2.48. The zero-order valence-electron chi connectivity index (χ0n) is 28.3. The monoisotopic (exact) mass is 760 g/mol. The first-order valence-electron chi connectivity index (χ1n) is 17.6. The zero-order valence-corrected chi connectivity index (χ0v) is 29.1. The predicted molar refractivity (Wildman–Crippen MR) is 182 cm³/mol. The van der Waals surface area contributed by atoms with E-state index in [9.17, 15) is 22.8 Å². The topological polar surface area (TPSA) is 126 Å². The smallest absolute Gasteiger partial charge is 0.461 e. The Morgan fingerprint density at radius 2 is 1.87 bits per heavy atom. The number of nitriles is 1. The SMILES string of the molecule is N#Cc1c(N)sc2c(F)cnc(-c3c4c(c5c(N6C7CCC6CN(CCOC(F)(F)F)C7)nc(OC[C@@]67CCCN6C[C@H](F)C7)nc5c3F)COC4)c12. The number of thiophene rings is 1. The number of ether oxygens (including phenoxy) is 3. The molecule has 2 unspecified atom stereocenters. The summed E-state index contributed by atoms with van der Waals surface area (Å²) in [4.78, 5) is 20.0. The molecule has 8 heterocycles. The quantitative estimate of drug-likeness (QED) is 0.219. The van der Waals surface area contributed by atoms with Crippen molar-refractivity contribution in [1.29, 1.82) is 5.26 Å². The Morgan fingerprint density at radius 1 is 1.09 bits per heavy atom. The lowest BCUT2D eigenvalue weighted by Crippen LogP contribution is -2.55. The van der Waals surface area contributed by atoms with Crippen LogP contribution in [-0.2, 0) is 22.7 Å². The molecule has 0 spiro atoms. The number of pyridine rings is 1. The number of benzene rings is 1. The molecule has 18 heteroatoms. The van der Waals surface area contributed by atoms with Crippen molar-refractivity contribution in [3.05, 3.63) is 34.5 Å². The van der Waals surface area contributed by atoms with Crippen LogP contribution in [0.2, 0.25) is 0 Å². The lowest BCUT2D eigenvalue weighted by molar-refractivity contribution is -0.325. The first-order valence-corrected chi connectivity index (χ1v) is 18.4. The lowest BCUT2D eigenvalue weighted by atomic mass is 9.93. The Kier molecular flexibility index (Phi) is 8.38. The van der Waals surface area contributed by atoms with Crippen molar-refractivity contribution in [1.82, 2.24) is 24.8 Å². The second kappa shape index (κ2) is 12.8. The molecule has 4 atom stereocenters. The van der Waals surface area contributed by atoms with E-state index in [0.717, 1.165) is 49.8 Å². The molecule has 1 aromatic carbocycles. The normalized spacial score (nSPS) is 25.8. The summed E-state index contributed by atoms with van der Waals surface area (Å²) in [5, 5.41) is 10.6. The molecule has 5 aliphatic rings. The maximum Gasteiger partial charge on any atom is 0.522 e. The first kappa shape index (κ1) is 34.7. The van der Waals surface area contributed by atoms with Crippen molar-refractivity contribution in [2.75, 3.05) is 56.6 Å². The van der Waals surface area contributed by atoms with E-state index in [2.05, 4.69) is 24.5 Å². The molecule has 0 saturated carbocycles. The number of piperazine rings is 1. The van der Waals surface area contributed by atoms with Gasteiger partial charge in [-0.05, 0) is 43.4 Å². The number of aromatic nitrogens is 3. The third-order valence-electron chi connectivity index (χ3n) is 11.5. The van der Waals surface area contributed by atoms with Gasteiger partial charge in [0.2, 0.25) is 0 Å². The Hall–Kier alpha value is -4.02. The van der Waals surface area contributed by atoms with Crippen LogP contribution in [0.25, 0.3) is 32.2 Å². The lowest BCUT2D eigenvalue weighted by Gasteiger charge is -2.42. The molecule has 0 amide bonds. The van der Waals surface area contributed by atoms with Crippen LogP contribution in [0.3, 0.4) is 0 Å². The van der Waals surface area contributed by atoms with Gasteiger partial charge in [-0.2, -0.15) is 15.2 Å². The largest absolute Gasteiger partial charge is 0.522 e. The van der Waals surface area contributed by atoms with Crippen LogP contribution < -0.4 is 15.4 Å².